The first kappa shape index (κ1) is 8.82. The van der Waals surface area contributed by atoms with Crippen LogP contribution in [0.15, 0.2) is 0 Å². The molecule has 0 heterocycles. The second-order valence-corrected chi connectivity index (χ2v) is 1.39. The molecule has 3 radical (unpaired) electrons. The van der Waals surface area contributed by atoms with E-state index in [-0.39, 0.29) is 8.41 Å². The molecule has 0 N–H and O–H groups in total. The van der Waals surface area contributed by atoms with E-state index >= 15 is 0 Å². The fraction of sp³-hybridized carbons (Fsp3) is 1.00. The first-order chi connectivity index (χ1) is 1.41. The molecule has 0 unspecified atom stereocenters. The van der Waals surface area contributed by atoms with Gasteiger partial charge in [-0.15, -0.1) is 0 Å². The molecular weight excluding hydrogens is 115 g/mol. The molecule has 0 aliphatic rings. The lowest BCUT2D eigenvalue weighted by Crippen LogP contribution is -1.34. The molecule has 0 saturated heterocycles. The van der Waals surface area contributed by atoms with Gasteiger partial charge in [0.15, 0.2) is 0 Å². The summed E-state index contributed by atoms with van der Waals surface area (Å²) >= 11 is 3.15. The molecule has 0 aliphatic carbocycles. The van der Waals surface area contributed by atoms with E-state index in [4.69, 9.17) is 0 Å². The van der Waals surface area contributed by atoms with E-state index < -0.39 is 0 Å². The third kappa shape index (κ3) is 20.5. The van der Waals surface area contributed by atoms with Crippen LogP contribution in [0.3, 0.4) is 0 Å². The molecule has 4 heavy (non-hydrogen) atoms. The van der Waals surface area contributed by atoms with Gasteiger partial charge in [0.25, 0.3) is 0 Å². The largest absolute Gasteiger partial charge is 0.0931 e. The Labute approximate surface area is 37.3 Å². The maximum absolute atomic E-state index is 3.15. The molecule has 0 aromatic rings. The minimum atomic E-state index is 0. The van der Waals surface area contributed by atoms with Crippen LogP contribution in [0.1, 0.15) is 6.92 Å². The first-order valence-corrected chi connectivity index (χ1v) is 2.10. The third-order valence-corrected chi connectivity index (χ3v) is 0. The molecular formula is C2H5BBr. The second-order valence-electron chi connectivity index (χ2n) is 0.267. The highest BCUT2D eigenvalue weighted by Gasteiger charge is 1.38. The average molecular weight is 120 g/mol. The fourth-order valence-corrected chi connectivity index (χ4v) is 0. The average Bonchev–Trinajstić information content (AvgIpc) is 0.918. The van der Waals surface area contributed by atoms with Gasteiger partial charge in [-0.2, -0.15) is 0 Å². The second kappa shape index (κ2) is 9.62. The Bertz CT molecular complexity index is 6.00. The number of halogens is 1. The molecule has 23 valence electrons. The molecule has 0 aromatic heterocycles. The summed E-state index contributed by atoms with van der Waals surface area (Å²) in [4.78, 5) is 0. The van der Waals surface area contributed by atoms with Crippen LogP contribution in [0.5, 0.6) is 0 Å². The Morgan fingerprint density at radius 3 is 1.75 bits per heavy atom. The van der Waals surface area contributed by atoms with Crippen LogP contribution < -0.4 is 0 Å². The van der Waals surface area contributed by atoms with Gasteiger partial charge in [0.05, 0.1) is 0 Å². The van der Waals surface area contributed by atoms with Crippen molar-refractivity contribution in [3.8, 4) is 0 Å². The van der Waals surface area contributed by atoms with Gasteiger partial charge in [-0.25, -0.2) is 0 Å². The van der Waals surface area contributed by atoms with Gasteiger partial charge in [-0.05, 0) is 0 Å². The van der Waals surface area contributed by atoms with E-state index in [0.717, 1.165) is 5.33 Å². The molecule has 0 amide bonds. The Morgan fingerprint density at radius 1 is 1.75 bits per heavy atom. The number of rotatable bonds is 0. The molecule has 0 atom stereocenters. The highest BCUT2D eigenvalue weighted by atomic mass is 79.9. The summed E-state index contributed by atoms with van der Waals surface area (Å²) < 4.78 is 0. The quantitative estimate of drug-likeness (QED) is 0.330. The smallest absolute Gasteiger partial charge is 0.000281 e. The monoisotopic (exact) mass is 119 g/mol. The lowest BCUT2D eigenvalue weighted by Gasteiger charge is -1.45. The Morgan fingerprint density at radius 2 is 1.75 bits per heavy atom. The van der Waals surface area contributed by atoms with Crippen LogP contribution in [0, 0.1) is 0 Å². The Kier molecular flexibility index (Phi) is 21.2. The van der Waals surface area contributed by atoms with E-state index in [9.17, 15) is 0 Å². The van der Waals surface area contributed by atoms with E-state index in [2.05, 4.69) is 15.9 Å². The zero-order valence-electron chi connectivity index (χ0n) is 2.66. The van der Waals surface area contributed by atoms with Gasteiger partial charge in [-0.1, -0.05) is 22.9 Å². The normalized spacial score (nSPS) is 4.50. The van der Waals surface area contributed by atoms with Crippen molar-refractivity contribution in [2.24, 2.45) is 0 Å². The predicted octanol–water partition coefficient (Wildman–Crippen LogP) is 1.02. The van der Waals surface area contributed by atoms with Crippen molar-refractivity contribution in [2.45, 2.75) is 6.92 Å². The van der Waals surface area contributed by atoms with Crippen molar-refractivity contribution in [3.63, 3.8) is 0 Å². The number of alkyl halides is 1. The predicted molar refractivity (Wildman–Crippen MR) is 25.2 cm³/mol. The van der Waals surface area contributed by atoms with Crippen molar-refractivity contribution >= 4 is 24.3 Å². The lowest BCUT2D eigenvalue weighted by molar-refractivity contribution is 1.56. The van der Waals surface area contributed by atoms with Crippen molar-refractivity contribution in [3.05, 3.63) is 0 Å². The van der Waals surface area contributed by atoms with Crippen LogP contribution in [-0.2, 0) is 0 Å². The highest BCUT2D eigenvalue weighted by Crippen LogP contribution is 1.67. The molecule has 0 bridgehead atoms. The topological polar surface area (TPSA) is 0 Å². The summed E-state index contributed by atoms with van der Waals surface area (Å²) in [5, 5.41) is 1.06. The van der Waals surface area contributed by atoms with E-state index in [1.54, 1.807) is 0 Å². The summed E-state index contributed by atoms with van der Waals surface area (Å²) in [6.07, 6.45) is 0. The Hall–Kier alpha value is 0.545. The number of hydrogen-bond acceptors (Lipinski definition) is 0. The maximum Gasteiger partial charge on any atom is 0.000281 e. The molecule has 0 fully saturated rings. The maximum atomic E-state index is 3.15. The Balaban J connectivity index is 0. The van der Waals surface area contributed by atoms with Gasteiger partial charge >= 0.3 is 0 Å². The SMILES string of the molecule is CCBr.[B]. The first-order valence-electron chi connectivity index (χ1n) is 0.974. The molecule has 0 nitrogen and oxygen atoms in total. The summed E-state index contributed by atoms with van der Waals surface area (Å²) in [7, 11) is 0. The van der Waals surface area contributed by atoms with Crippen LogP contribution in [-0.4, -0.2) is 13.7 Å². The molecule has 2 heteroatoms. The zero-order chi connectivity index (χ0) is 2.71. The van der Waals surface area contributed by atoms with E-state index in [0.29, 0.717) is 0 Å². The van der Waals surface area contributed by atoms with Crippen molar-refractivity contribution in [1.82, 2.24) is 0 Å². The van der Waals surface area contributed by atoms with Crippen LogP contribution in [0.4, 0.5) is 0 Å². The lowest BCUT2D eigenvalue weighted by atomic mass is 10.8. The van der Waals surface area contributed by atoms with Gasteiger partial charge in [-0.3, -0.25) is 0 Å². The van der Waals surface area contributed by atoms with Gasteiger partial charge < -0.3 is 0 Å². The van der Waals surface area contributed by atoms with Crippen molar-refractivity contribution in [2.75, 3.05) is 5.33 Å². The van der Waals surface area contributed by atoms with Crippen molar-refractivity contribution < 1.29 is 0 Å². The summed E-state index contributed by atoms with van der Waals surface area (Å²) in [5.41, 5.74) is 0. The fourth-order valence-electron chi connectivity index (χ4n) is 0. The van der Waals surface area contributed by atoms with Crippen LogP contribution in [0.25, 0.3) is 0 Å². The van der Waals surface area contributed by atoms with Crippen LogP contribution >= 0.6 is 15.9 Å². The zero-order valence-corrected chi connectivity index (χ0v) is 4.25. The summed E-state index contributed by atoms with van der Waals surface area (Å²) in [5.74, 6) is 0. The van der Waals surface area contributed by atoms with Gasteiger partial charge in [0, 0.05) is 13.7 Å². The highest BCUT2D eigenvalue weighted by molar-refractivity contribution is 9.09. The molecule has 0 saturated carbocycles. The number of hydrogen-bond donors (Lipinski definition) is 0. The van der Waals surface area contributed by atoms with Crippen LogP contribution in [0.2, 0.25) is 0 Å². The third-order valence-electron chi connectivity index (χ3n) is 0. The standard InChI is InChI=1S/C2H5Br.B/c1-2-3;/h2H2,1H3;. The van der Waals surface area contributed by atoms with Gasteiger partial charge in [0.1, 0.15) is 0 Å². The summed E-state index contributed by atoms with van der Waals surface area (Å²) in [6.45, 7) is 2.04. The minimum Gasteiger partial charge on any atom is -0.0931 e. The van der Waals surface area contributed by atoms with E-state index in [1.165, 1.54) is 0 Å². The molecule has 0 rings (SSSR count). The molecule has 0 aromatic carbocycles. The van der Waals surface area contributed by atoms with E-state index in [1.807, 2.05) is 6.92 Å². The summed E-state index contributed by atoms with van der Waals surface area (Å²) in [6, 6.07) is 0. The van der Waals surface area contributed by atoms with Crippen molar-refractivity contribution in [1.29, 1.82) is 0 Å². The minimum absolute atomic E-state index is 0. The molecule has 0 spiro atoms. The van der Waals surface area contributed by atoms with Gasteiger partial charge in [0.2, 0.25) is 0 Å². The molecule has 0 aliphatic heterocycles.